The van der Waals surface area contributed by atoms with Gasteiger partial charge in [0.05, 0.1) is 18.3 Å². The van der Waals surface area contributed by atoms with E-state index in [4.69, 9.17) is 10.5 Å². The monoisotopic (exact) mass is 216 g/mol. The quantitative estimate of drug-likeness (QED) is 0.583. The summed E-state index contributed by atoms with van der Waals surface area (Å²) in [5.74, 6) is 0. The molecule has 90 valence electrons. The zero-order valence-corrected chi connectivity index (χ0v) is 9.99. The zero-order chi connectivity index (χ0) is 11.5. The van der Waals surface area contributed by atoms with Crippen molar-refractivity contribution in [3.63, 3.8) is 0 Å². The van der Waals surface area contributed by atoms with Crippen LogP contribution < -0.4 is 11.1 Å². The smallest absolute Gasteiger partial charge is 0.0962 e. The minimum atomic E-state index is -0.348. The van der Waals surface area contributed by atoms with E-state index < -0.39 is 0 Å². The van der Waals surface area contributed by atoms with Crippen LogP contribution in [0.5, 0.6) is 0 Å². The first-order valence-corrected chi connectivity index (χ1v) is 5.69. The maximum Gasteiger partial charge on any atom is 0.0962 e. The van der Waals surface area contributed by atoms with Gasteiger partial charge in [0.15, 0.2) is 0 Å². The third kappa shape index (κ3) is 3.72. The number of ether oxygens (including phenoxy) is 1. The molecule has 0 aromatic carbocycles. The Morgan fingerprint density at radius 2 is 2.13 bits per heavy atom. The lowest BCUT2D eigenvalue weighted by atomic mass is 9.87. The van der Waals surface area contributed by atoms with E-state index in [9.17, 15) is 5.11 Å². The molecule has 1 aliphatic heterocycles. The van der Waals surface area contributed by atoms with Crippen molar-refractivity contribution in [2.24, 2.45) is 11.1 Å². The van der Waals surface area contributed by atoms with Gasteiger partial charge in [-0.2, -0.15) is 0 Å². The van der Waals surface area contributed by atoms with Crippen molar-refractivity contribution in [1.29, 1.82) is 0 Å². The molecule has 1 unspecified atom stereocenters. The zero-order valence-electron chi connectivity index (χ0n) is 9.99. The first-order valence-electron chi connectivity index (χ1n) is 5.69. The Hall–Kier alpha value is -0.160. The fourth-order valence-electron chi connectivity index (χ4n) is 1.82. The Morgan fingerprint density at radius 1 is 1.47 bits per heavy atom. The van der Waals surface area contributed by atoms with Crippen molar-refractivity contribution in [2.75, 3.05) is 19.6 Å². The molecule has 0 aromatic rings. The van der Waals surface area contributed by atoms with Crippen molar-refractivity contribution in [1.82, 2.24) is 5.32 Å². The average Bonchev–Trinajstić information content (AvgIpc) is 2.48. The number of nitrogens with two attached hydrogens (primary N) is 1. The van der Waals surface area contributed by atoms with Crippen LogP contribution in [0.2, 0.25) is 0 Å². The lowest BCUT2D eigenvalue weighted by Crippen LogP contribution is -2.36. The maximum atomic E-state index is 9.83. The van der Waals surface area contributed by atoms with E-state index in [1.165, 1.54) is 0 Å². The molecule has 4 heteroatoms. The lowest BCUT2D eigenvalue weighted by Gasteiger charge is -2.26. The summed E-state index contributed by atoms with van der Waals surface area (Å²) >= 11 is 0. The van der Waals surface area contributed by atoms with Crippen LogP contribution in [0.4, 0.5) is 0 Å². The molecule has 0 bridgehead atoms. The number of aliphatic hydroxyl groups is 1. The summed E-state index contributed by atoms with van der Waals surface area (Å²) in [5, 5.41) is 13.0. The van der Waals surface area contributed by atoms with E-state index in [1.807, 2.05) is 0 Å². The standard InChI is InChI=1S/C11H24N2O2/c1-11(2,3)10-6-8(14)9(15-10)7-13-5-4-12/h8-10,13-14H,4-7,12H2,1-3H3/t8-,9+,10?/m0/s1. The van der Waals surface area contributed by atoms with Crippen LogP contribution in [-0.2, 0) is 4.74 Å². The van der Waals surface area contributed by atoms with E-state index >= 15 is 0 Å². The topological polar surface area (TPSA) is 67.5 Å². The SMILES string of the molecule is CC(C)(C)C1C[C@H](O)[C@@H](CNCCN)O1. The molecule has 0 amide bonds. The predicted molar refractivity (Wildman–Crippen MR) is 60.7 cm³/mol. The molecule has 0 aliphatic carbocycles. The summed E-state index contributed by atoms with van der Waals surface area (Å²) in [6.45, 7) is 8.49. The van der Waals surface area contributed by atoms with Gasteiger partial charge in [-0.25, -0.2) is 0 Å². The molecule has 4 N–H and O–H groups in total. The number of aliphatic hydroxyl groups excluding tert-OH is 1. The van der Waals surface area contributed by atoms with Crippen LogP contribution >= 0.6 is 0 Å². The van der Waals surface area contributed by atoms with Gasteiger partial charge in [-0.15, -0.1) is 0 Å². The number of hydrogen-bond acceptors (Lipinski definition) is 4. The first-order chi connectivity index (χ1) is 6.95. The molecule has 0 aromatic heterocycles. The number of nitrogens with one attached hydrogen (secondary N) is 1. The Balaban J connectivity index is 2.36. The minimum absolute atomic E-state index is 0.0826. The molecular weight excluding hydrogens is 192 g/mol. The molecule has 1 heterocycles. The molecule has 1 aliphatic rings. The van der Waals surface area contributed by atoms with Gasteiger partial charge >= 0.3 is 0 Å². The second-order valence-corrected chi connectivity index (χ2v) is 5.33. The van der Waals surface area contributed by atoms with Crippen molar-refractivity contribution in [3.8, 4) is 0 Å². The number of hydrogen-bond donors (Lipinski definition) is 3. The summed E-state index contributed by atoms with van der Waals surface area (Å²) in [5.41, 5.74) is 5.48. The average molecular weight is 216 g/mol. The highest BCUT2D eigenvalue weighted by atomic mass is 16.5. The van der Waals surface area contributed by atoms with Gasteiger partial charge in [0, 0.05) is 26.1 Å². The van der Waals surface area contributed by atoms with Crippen molar-refractivity contribution in [2.45, 2.75) is 45.5 Å². The van der Waals surface area contributed by atoms with Crippen molar-refractivity contribution < 1.29 is 9.84 Å². The van der Waals surface area contributed by atoms with Crippen LogP contribution in [0.3, 0.4) is 0 Å². The normalized spacial score (nSPS) is 32.2. The van der Waals surface area contributed by atoms with E-state index in [2.05, 4.69) is 26.1 Å². The van der Waals surface area contributed by atoms with Crippen molar-refractivity contribution >= 4 is 0 Å². The highest BCUT2D eigenvalue weighted by Gasteiger charge is 2.39. The molecular formula is C11H24N2O2. The van der Waals surface area contributed by atoms with Gasteiger partial charge in [0.2, 0.25) is 0 Å². The van der Waals surface area contributed by atoms with E-state index in [-0.39, 0.29) is 23.7 Å². The summed E-state index contributed by atoms with van der Waals surface area (Å²) in [6, 6.07) is 0. The second kappa shape index (κ2) is 5.25. The van der Waals surface area contributed by atoms with Crippen LogP contribution in [0.25, 0.3) is 0 Å². The van der Waals surface area contributed by atoms with Crippen LogP contribution in [-0.4, -0.2) is 43.1 Å². The Bertz CT molecular complexity index is 192. The Kier molecular flexibility index (Phi) is 4.52. The summed E-state index contributed by atoms with van der Waals surface area (Å²) in [7, 11) is 0. The minimum Gasteiger partial charge on any atom is -0.390 e. The molecule has 4 nitrogen and oxygen atoms in total. The lowest BCUT2D eigenvalue weighted by molar-refractivity contribution is -0.0290. The number of rotatable bonds is 4. The molecule has 1 rings (SSSR count). The van der Waals surface area contributed by atoms with Gasteiger partial charge in [-0.3, -0.25) is 0 Å². The van der Waals surface area contributed by atoms with Gasteiger partial charge in [0.1, 0.15) is 0 Å². The largest absolute Gasteiger partial charge is 0.390 e. The molecule has 15 heavy (non-hydrogen) atoms. The third-order valence-electron chi connectivity index (χ3n) is 2.86. The second-order valence-electron chi connectivity index (χ2n) is 5.33. The van der Waals surface area contributed by atoms with Crippen molar-refractivity contribution in [3.05, 3.63) is 0 Å². The summed E-state index contributed by atoms with van der Waals surface area (Å²) in [4.78, 5) is 0. The van der Waals surface area contributed by atoms with Gasteiger partial charge in [0.25, 0.3) is 0 Å². The predicted octanol–water partition coefficient (Wildman–Crippen LogP) is 0.0992. The molecule has 1 saturated heterocycles. The van der Waals surface area contributed by atoms with E-state index in [1.54, 1.807) is 0 Å². The third-order valence-corrected chi connectivity index (χ3v) is 2.86. The highest BCUT2D eigenvalue weighted by Crippen LogP contribution is 2.33. The Morgan fingerprint density at radius 3 is 2.60 bits per heavy atom. The van der Waals surface area contributed by atoms with Gasteiger partial charge in [-0.05, 0) is 5.41 Å². The van der Waals surface area contributed by atoms with Crippen LogP contribution in [0.15, 0.2) is 0 Å². The molecule has 0 radical (unpaired) electrons. The summed E-state index contributed by atoms with van der Waals surface area (Å²) in [6.07, 6.45) is 0.454. The molecule has 0 spiro atoms. The van der Waals surface area contributed by atoms with E-state index in [0.717, 1.165) is 13.0 Å². The maximum absolute atomic E-state index is 9.83. The van der Waals surface area contributed by atoms with E-state index in [0.29, 0.717) is 13.1 Å². The van der Waals surface area contributed by atoms with Crippen LogP contribution in [0.1, 0.15) is 27.2 Å². The molecule has 3 atom stereocenters. The fourth-order valence-corrected chi connectivity index (χ4v) is 1.82. The summed E-state index contributed by atoms with van der Waals surface area (Å²) < 4.78 is 5.83. The fraction of sp³-hybridized carbons (Fsp3) is 1.00. The Labute approximate surface area is 92.2 Å². The first kappa shape index (κ1) is 12.9. The molecule has 0 saturated carbocycles. The van der Waals surface area contributed by atoms with Crippen LogP contribution in [0, 0.1) is 5.41 Å². The van der Waals surface area contributed by atoms with Gasteiger partial charge in [-0.1, -0.05) is 20.8 Å². The molecule has 1 fully saturated rings. The van der Waals surface area contributed by atoms with Gasteiger partial charge < -0.3 is 20.9 Å². The highest BCUT2D eigenvalue weighted by molar-refractivity contribution is 4.89.